The molecule has 6 aliphatic rings. The fourth-order valence-electron chi connectivity index (χ4n) is 6.44. The van der Waals surface area contributed by atoms with Gasteiger partial charge in [-0.05, 0) is 67.6 Å². The molecule has 8 rings (SSSR count). The van der Waals surface area contributed by atoms with Crippen LogP contribution in [0.1, 0.15) is 55.2 Å². The predicted octanol–water partition coefficient (Wildman–Crippen LogP) is 3.67. The Kier molecular flexibility index (Phi) is 4.26. The zero-order valence-electron chi connectivity index (χ0n) is 17.8. The first kappa shape index (κ1) is 19.7. The molecule has 0 amide bonds. The third-order valence-electron chi connectivity index (χ3n) is 8.50. The number of hydrogen-bond donors (Lipinski definition) is 2. The number of anilines is 2. The van der Waals surface area contributed by atoms with Crippen molar-refractivity contribution in [1.82, 2.24) is 9.97 Å². The number of benzene rings is 1. The van der Waals surface area contributed by atoms with Gasteiger partial charge in [-0.1, -0.05) is 23.7 Å². The number of rotatable bonds is 5. The fraction of sp³-hybridized carbons (Fsp3) is 0.583. The number of nitrogens with zero attached hydrogens (tertiary/aromatic N) is 3. The maximum absolute atomic E-state index is 13.0. The average Bonchev–Trinajstić information content (AvgIpc) is 3.52. The van der Waals surface area contributed by atoms with Crippen LogP contribution in [0.2, 0.25) is 5.02 Å². The summed E-state index contributed by atoms with van der Waals surface area (Å²) in [4.78, 5) is 13.0. The number of piperidine rings is 2. The number of aliphatic hydroxyl groups excluding tert-OH is 1. The van der Waals surface area contributed by atoms with Crippen molar-refractivity contribution in [2.75, 3.05) is 29.9 Å². The molecular formula is C24H27ClN4O2S. The van der Waals surface area contributed by atoms with E-state index in [1.165, 1.54) is 12.0 Å². The predicted molar refractivity (Wildman–Crippen MR) is 125 cm³/mol. The maximum atomic E-state index is 13.0. The summed E-state index contributed by atoms with van der Waals surface area (Å²) < 4.78 is 13.0. The first-order chi connectivity index (χ1) is 15.5. The third-order valence-corrected chi connectivity index (χ3v) is 10.6. The van der Waals surface area contributed by atoms with E-state index in [9.17, 15) is 9.32 Å². The summed E-state index contributed by atoms with van der Waals surface area (Å²) in [5, 5.41) is 14.5. The number of fused-ring (bicyclic) bond motifs is 5. The summed E-state index contributed by atoms with van der Waals surface area (Å²) in [7, 11) is -1.04. The van der Waals surface area contributed by atoms with E-state index in [-0.39, 0.29) is 17.4 Å². The van der Waals surface area contributed by atoms with Crippen molar-refractivity contribution in [2.45, 2.75) is 59.6 Å². The Bertz CT molecular complexity index is 1100. The van der Waals surface area contributed by atoms with Gasteiger partial charge in [0, 0.05) is 29.3 Å². The minimum Gasteiger partial charge on any atom is -0.394 e. The van der Waals surface area contributed by atoms with E-state index in [4.69, 9.17) is 21.6 Å². The monoisotopic (exact) mass is 470 g/mol. The van der Waals surface area contributed by atoms with Gasteiger partial charge >= 0.3 is 0 Å². The van der Waals surface area contributed by atoms with Crippen molar-refractivity contribution < 1.29 is 9.32 Å². The van der Waals surface area contributed by atoms with Crippen LogP contribution in [0.5, 0.6) is 0 Å². The Hall–Kier alpha value is -1.70. The van der Waals surface area contributed by atoms with E-state index in [0.717, 1.165) is 60.3 Å². The molecule has 0 radical (unpaired) electrons. The van der Waals surface area contributed by atoms with Crippen LogP contribution < -0.4 is 10.2 Å². The van der Waals surface area contributed by atoms with Gasteiger partial charge in [0.15, 0.2) is 0 Å². The van der Waals surface area contributed by atoms with Crippen LogP contribution in [-0.4, -0.2) is 49.8 Å². The molecule has 0 spiro atoms. The maximum Gasteiger partial charge on any atom is 0.227 e. The first-order valence-electron chi connectivity index (χ1n) is 11.8. The molecule has 1 aromatic carbocycles. The lowest BCUT2D eigenvalue weighted by atomic mass is 9.59. The molecule has 2 saturated heterocycles. The molecule has 4 heterocycles. The number of hydrogen-bond acceptors (Lipinski definition) is 6. The van der Waals surface area contributed by atoms with Gasteiger partial charge in [0.25, 0.3) is 0 Å². The zero-order valence-corrected chi connectivity index (χ0v) is 19.4. The van der Waals surface area contributed by atoms with Crippen molar-refractivity contribution in [2.24, 2.45) is 11.8 Å². The fourth-order valence-corrected chi connectivity index (χ4v) is 8.37. The zero-order chi connectivity index (χ0) is 21.6. The summed E-state index contributed by atoms with van der Waals surface area (Å²) in [6.45, 7) is 1.98. The van der Waals surface area contributed by atoms with Crippen LogP contribution in [0.3, 0.4) is 0 Å². The molecule has 1 aromatic heterocycles. The SMILES string of the molecule is O=[S@@]1c2c(NC3(CO)CCC3)nc(N3CC4CC(C3)C4c3ccc(Cl)cc3)nc2C2CC21. The van der Waals surface area contributed by atoms with Gasteiger partial charge in [-0.25, -0.2) is 4.98 Å². The third kappa shape index (κ3) is 2.83. The molecule has 168 valence electrons. The Morgan fingerprint density at radius 1 is 1.16 bits per heavy atom. The summed E-state index contributed by atoms with van der Waals surface area (Å²) in [5.74, 6) is 3.58. The topological polar surface area (TPSA) is 78.3 Å². The molecule has 6 nitrogen and oxygen atoms in total. The largest absolute Gasteiger partial charge is 0.394 e. The lowest BCUT2D eigenvalue weighted by molar-refractivity contribution is 0.110. The normalized spacial score (nSPS) is 35.4. The highest BCUT2D eigenvalue weighted by Crippen LogP contribution is 2.57. The second-order valence-corrected chi connectivity index (χ2v) is 12.5. The minimum absolute atomic E-state index is 0.0806. The lowest BCUT2D eigenvalue weighted by Crippen LogP contribution is -2.54. The Morgan fingerprint density at radius 2 is 1.91 bits per heavy atom. The van der Waals surface area contributed by atoms with Gasteiger partial charge in [-0.3, -0.25) is 4.21 Å². The number of halogens is 1. The second-order valence-electron chi connectivity index (χ2n) is 10.4. The van der Waals surface area contributed by atoms with E-state index < -0.39 is 10.8 Å². The average molecular weight is 471 g/mol. The van der Waals surface area contributed by atoms with Crippen LogP contribution in [0, 0.1) is 11.8 Å². The summed E-state index contributed by atoms with van der Waals surface area (Å²) in [6, 6.07) is 8.33. The number of aromatic nitrogens is 2. The van der Waals surface area contributed by atoms with Crippen molar-refractivity contribution in [3.8, 4) is 0 Å². The summed E-state index contributed by atoms with van der Waals surface area (Å²) in [6.07, 6.45) is 5.18. The summed E-state index contributed by atoms with van der Waals surface area (Å²) >= 11 is 6.09. The van der Waals surface area contributed by atoms with Gasteiger partial charge < -0.3 is 15.3 Å². The van der Waals surface area contributed by atoms with Crippen molar-refractivity contribution in [3.63, 3.8) is 0 Å². The molecule has 4 unspecified atom stereocenters. The van der Waals surface area contributed by atoms with Gasteiger partial charge in [0.1, 0.15) is 10.7 Å². The van der Waals surface area contributed by atoms with Crippen molar-refractivity contribution in [1.29, 1.82) is 0 Å². The molecule has 32 heavy (non-hydrogen) atoms. The molecule has 2 bridgehead atoms. The van der Waals surface area contributed by atoms with E-state index in [0.29, 0.717) is 29.5 Å². The molecule has 3 aliphatic heterocycles. The van der Waals surface area contributed by atoms with E-state index in [1.54, 1.807) is 0 Å². The minimum atomic E-state index is -1.04. The molecule has 2 N–H and O–H groups in total. The molecule has 5 atom stereocenters. The summed E-state index contributed by atoms with van der Waals surface area (Å²) in [5.41, 5.74) is 2.06. The first-order valence-corrected chi connectivity index (χ1v) is 13.4. The van der Waals surface area contributed by atoms with E-state index >= 15 is 0 Å². The van der Waals surface area contributed by atoms with Crippen LogP contribution in [-0.2, 0) is 10.8 Å². The van der Waals surface area contributed by atoms with Gasteiger partial charge in [0.05, 0.1) is 28.6 Å². The molecule has 3 aliphatic carbocycles. The van der Waals surface area contributed by atoms with Crippen LogP contribution in [0.4, 0.5) is 11.8 Å². The second kappa shape index (κ2) is 6.90. The van der Waals surface area contributed by atoms with Gasteiger partial charge in [0.2, 0.25) is 5.95 Å². The quantitative estimate of drug-likeness (QED) is 0.694. The molecule has 2 aromatic rings. The van der Waals surface area contributed by atoms with Crippen LogP contribution >= 0.6 is 11.6 Å². The van der Waals surface area contributed by atoms with E-state index in [1.807, 2.05) is 12.1 Å². The highest BCUT2D eigenvalue weighted by atomic mass is 35.5. The number of aliphatic hydroxyl groups is 1. The van der Waals surface area contributed by atoms with Crippen LogP contribution in [0.15, 0.2) is 29.2 Å². The smallest absolute Gasteiger partial charge is 0.227 e. The molecule has 5 fully saturated rings. The molecular weight excluding hydrogens is 444 g/mol. The van der Waals surface area contributed by atoms with Gasteiger partial charge in [-0.15, -0.1) is 0 Å². The standard InChI is InChI=1S/C24H27ClN4O2S/c25-16-4-2-13(3-5-16)19-14-8-15(19)11-29(10-14)23-26-20-17-9-18(17)32(31)21(20)22(27-23)28-24(12-30)6-1-7-24/h2-5,14-15,17-19,30H,1,6-12H2,(H,26,27,28)/t14?,15?,17?,18?,19?,32-/m0/s1. The van der Waals surface area contributed by atoms with Crippen LogP contribution in [0.25, 0.3) is 0 Å². The number of nitrogens with one attached hydrogen (secondary N) is 1. The molecule has 3 saturated carbocycles. The molecule has 8 heteroatoms. The Morgan fingerprint density at radius 3 is 2.56 bits per heavy atom. The van der Waals surface area contributed by atoms with Crippen molar-refractivity contribution >= 4 is 34.2 Å². The lowest BCUT2D eigenvalue weighted by Gasteiger charge is -2.54. The highest BCUT2D eigenvalue weighted by Gasteiger charge is 2.55. The van der Waals surface area contributed by atoms with Gasteiger partial charge in [-0.2, -0.15) is 4.98 Å². The highest BCUT2D eigenvalue weighted by molar-refractivity contribution is 7.86. The van der Waals surface area contributed by atoms with Crippen molar-refractivity contribution in [3.05, 3.63) is 40.5 Å². The van der Waals surface area contributed by atoms with E-state index in [2.05, 4.69) is 22.3 Å². The Balaban J connectivity index is 1.19. The Labute approximate surface area is 195 Å².